The lowest BCUT2D eigenvalue weighted by molar-refractivity contribution is 0.0803. The molecule has 1 atom stereocenters. The minimum Gasteiger partial charge on any atom is -0.467 e. The first-order chi connectivity index (χ1) is 11.6. The Morgan fingerprint density at radius 2 is 2.17 bits per heavy atom. The van der Waals surface area contributed by atoms with Crippen LogP contribution in [0, 0.1) is 13.8 Å². The zero-order valence-electron chi connectivity index (χ0n) is 14.2. The fraction of sp³-hybridized carbons (Fsp3) is 0.421. The molecule has 0 unspecified atom stereocenters. The van der Waals surface area contributed by atoms with E-state index in [4.69, 9.17) is 9.15 Å². The van der Waals surface area contributed by atoms with Gasteiger partial charge in [0.25, 0.3) is 0 Å². The van der Waals surface area contributed by atoms with Gasteiger partial charge >= 0.3 is 6.03 Å². The number of ether oxygens (including phenoxy) is 1. The van der Waals surface area contributed by atoms with E-state index in [9.17, 15) is 4.79 Å². The van der Waals surface area contributed by atoms with Crippen LogP contribution < -0.4 is 5.32 Å². The number of nitrogens with one attached hydrogen (secondary N) is 1. The lowest BCUT2D eigenvalue weighted by Crippen LogP contribution is -2.39. The van der Waals surface area contributed by atoms with Gasteiger partial charge in [0, 0.05) is 18.8 Å². The number of aryl methyl sites for hydroxylation is 2. The van der Waals surface area contributed by atoms with Gasteiger partial charge in [-0.2, -0.15) is 0 Å². The first-order valence-corrected chi connectivity index (χ1v) is 8.39. The monoisotopic (exact) mass is 328 g/mol. The molecule has 5 heteroatoms. The molecule has 0 spiro atoms. The predicted octanol–water partition coefficient (Wildman–Crippen LogP) is 4.11. The number of hydrogen-bond acceptors (Lipinski definition) is 3. The third kappa shape index (κ3) is 4.17. The van der Waals surface area contributed by atoms with E-state index in [1.807, 2.05) is 37.3 Å². The van der Waals surface area contributed by atoms with E-state index in [1.54, 1.807) is 11.2 Å². The van der Waals surface area contributed by atoms with Gasteiger partial charge in [-0.1, -0.05) is 6.07 Å². The summed E-state index contributed by atoms with van der Waals surface area (Å²) >= 11 is 0. The molecule has 128 valence electrons. The fourth-order valence-electron chi connectivity index (χ4n) is 2.87. The van der Waals surface area contributed by atoms with Crippen molar-refractivity contribution in [1.82, 2.24) is 4.90 Å². The van der Waals surface area contributed by atoms with E-state index in [1.165, 1.54) is 5.56 Å². The van der Waals surface area contributed by atoms with Gasteiger partial charge in [0.05, 0.1) is 18.9 Å². The summed E-state index contributed by atoms with van der Waals surface area (Å²) in [5.41, 5.74) is 3.17. The van der Waals surface area contributed by atoms with E-state index in [-0.39, 0.29) is 12.1 Å². The van der Waals surface area contributed by atoms with Crippen molar-refractivity contribution in [2.45, 2.75) is 39.3 Å². The summed E-state index contributed by atoms with van der Waals surface area (Å²) in [5, 5.41) is 2.99. The van der Waals surface area contributed by atoms with Crippen LogP contribution in [0.4, 0.5) is 10.5 Å². The molecule has 2 amide bonds. The molecule has 3 rings (SSSR count). The number of carbonyl (C=O) groups is 1. The van der Waals surface area contributed by atoms with Gasteiger partial charge in [0.15, 0.2) is 0 Å². The van der Waals surface area contributed by atoms with E-state index in [0.29, 0.717) is 13.1 Å². The highest BCUT2D eigenvalue weighted by Crippen LogP contribution is 2.18. The molecule has 2 aromatic rings. The van der Waals surface area contributed by atoms with Gasteiger partial charge in [-0.3, -0.25) is 0 Å². The van der Waals surface area contributed by atoms with Crippen molar-refractivity contribution in [1.29, 1.82) is 0 Å². The Morgan fingerprint density at radius 1 is 1.29 bits per heavy atom. The lowest BCUT2D eigenvalue weighted by atomic mass is 10.1. The summed E-state index contributed by atoms with van der Waals surface area (Å²) in [6.07, 6.45) is 3.77. The largest absolute Gasteiger partial charge is 0.467 e. The molecular formula is C19H24N2O3. The molecule has 1 aromatic carbocycles. The second kappa shape index (κ2) is 7.53. The first kappa shape index (κ1) is 16.6. The van der Waals surface area contributed by atoms with Crippen LogP contribution in [0.3, 0.4) is 0 Å². The molecule has 5 nitrogen and oxygen atoms in total. The highest BCUT2D eigenvalue weighted by molar-refractivity contribution is 5.89. The molecular weight excluding hydrogens is 304 g/mol. The molecule has 1 aliphatic heterocycles. The number of carbonyl (C=O) groups excluding carboxylic acids is 1. The maximum absolute atomic E-state index is 12.7. The Kier molecular flexibility index (Phi) is 5.20. The van der Waals surface area contributed by atoms with Crippen LogP contribution >= 0.6 is 0 Å². The van der Waals surface area contributed by atoms with Crippen LogP contribution in [0.1, 0.15) is 29.7 Å². The van der Waals surface area contributed by atoms with Crippen molar-refractivity contribution >= 4 is 11.7 Å². The smallest absolute Gasteiger partial charge is 0.322 e. The molecule has 1 N–H and O–H groups in total. The number of furan rings is 1. The number of amides is 2. The van der Waals surface area contributed by atoms with E-state index < -0.39 is 0 Å². The summed E-state index contributed by atoms with van der Waals surface area (Å²) in [5.74, 6) is 0.767. The van der Waals surface area contributed by atoms with Gasteiger partial charge < -0.3 is 19.4 Å². The van der Waals surface area contributed by atoms with Crippen molar-refractivity contribution in [3.63, 3.8) is 0 Å². The summed E-state index contributed by atoms with van der Waals surface area (Å²) < 4.78 is 11.1. The van der Waals surface area contributed by atoms with Gasteiger partial charge in [0.1, 0.15) is 5.76 Å². The third-order valence-corrected chi connectivity index (χ3v) is 4.42. The van der Waals surface area contributed by atoms with Gasteiger partial charge in [-0.05, 0) is 62.1 Å². The number of rotatable bonds is 5. The maximum atomic E-state index is 12.7. The van der Waals surface area contributed by atoms with Crippen LogP contribution in [0.5, 0.6) is 0 Å². The Bertz CT molecular complexity index is 676. The van der Waals surface area contributed by atoms with Crippen LogP contribution in [0.2, 0.25) is 0 Å². The Balaban J connectivity index is 1.70. The van der Waals surface area contributed by atoms with Crippen molar-refractivity contribution < 1.29 is 13.9 Å². The maximum Gasteiger partial charge on any atom is 0.322 e. The number of benzene rings is 1. The van der Waals surface area contributed by atoms with Crippen LogP contribution in [0.25, 0.3) is 0 Å². The van der Waals surface area contributed by atoms with Gasteiger partial charge in [0.2, 0.25) is 0 Å². The normalized spacial score (nSPS) is 17.0. The molecule has 1 saturated heterocycles. The lowest BCUT2D eigenvalue weighted by Gasteiger charge is -2.25. The molecule has 0 aliphatic carbocycles. The fourth-order valence-corrected chi connectivity index (χ4v) is 2.87. The second-order valence-electron chi connectivity index (χ2n) is 6.32. The number of nitrogens with zero attached hydrogens (tertiary/aromatic N) is 1. The summed E-state index contributed by atoms with van der Waals surface area (Å²) in [6, 6.07) is 9.51. The zero-order valence-corrected chi connectivity index (χ0v) is 14.2. The molecule has 2 heterocycles. The third-order valence-electron chi connectivity index (χ3n) is 4.42. The van der Waals surface area contributed by atoms with Crippen LogP contribution in [-0.2, 0) is 11.3 Å². The zero-order chi connectivity index (χ0) is 16.9. The minimum absolute atomic E-state index is 0.102. The highest BCUT2D eigenvalue weighted by Gasteiger charge is 2.23. The topological polar surface area (TPSA) is 54.7 Å². The van der Waals surface area contributed by atoms with Crippen molar-refractivity contribution in [3.05, 3.63) is 53.5 Å². The predicted molar refractivity (Wildman–Crippen MR) is 93.0 cm³/mol. The standard InChI is InChI=1S/C19H24N2O3/c1-14-7-8-16(11-15(14)2)20-19(22)21(12-17-5-3-9-23-17)13-18-6-4-10-24-18/h3,5,7-9,11,18H,4,6,10,12-13H2,1-2H3,(H,20,22)/t18-/m0/s1. The highest BCUT2D eigenvalue weighted by atomic mass is 16.5. The quantitative estimate of drug-likeness (QED) is 0.898. The van der Waals surface area contributed by atoms with Gasteiger partial charge in [-0.25, -0.2) is 4.79 Å². The van der Waals surface area contributed by atoms with E-state index in [0.717, 1.165) is 36.5 Å². The summed E-state index contributed by atoms with van der Waals surface area (Å²) in [6.45, 7) is 5.87. The minimum atomic E-state index is -0.134. The molecule has 0 saturated carbocycles. The Labute approximate surface area is 142 Å². The second-order valence-corrected chi connectivity index (χ2v) is 6.32. The van der Waals surface area contributed by atoms with Crippen LogP contribution in [-0.4, -0.2) is 30.2 Å². The molecule has 1 fully saturated rings. The number of hydrogen-bond donors (Lipinski definition) is 1. The molecule has 0 radical (unpaired) electrons. The average molecular weight is 328 g/mol. The summed E-state index contributed by atoms with van der Waals surface area (Å²) in [4.78, 5) is 14.5. The summed E-state index contributed by atoms with van der Waals surface area (Å²) in [7, 11) is 0. The van der Waals surface area contributed by atoms with Gasteiger partial charge in [-0.15, -0.1) is 0 Å². The Morgan fingerprint density at radius 3 is 2.83 bits per heavy atom. The SMILES string of the molecule is Cc1ccc(NC(=O)N(Cc2ccco2)C[C@@H]2CCCO2)cc1C. The van der Waals surface area contributed by atoms with E-state index >= 15 is 0 Å². The molecule has 1 aromatic heterocycles. The van der Waals surface area contributed by atoms with Crippen LogP contribution in [0.15, 0.2) is 41.0 Å². The number of urea groups is 1. The van der Waals surface area contributed by atoms with Crippen molar-refractivity contribution in [2.24, 2.45) is 0 Å². The van der Waals surface area contributed by atoms with E-state index in [2.05, 4.69) is 12.2 Å². The molecule has 1 aliphatic rings. The molecule has 24 heavy (non-hydrogen) atoms. The van der Waals surface area contributed by atoms with Crippen molar-refractivity contribution in [3.8, 4) is 0 Å². The average Bonchev–Trinajstić information content (AvgIpc) is 3.24. The molecule has 0 bridgehead atoms. The van der Waals surface area contributed by atoms with Crippen molar-refractivity contribution in [2.75, 3.05) is 18.5 Å². The first-order valence-electron chi connectivity index (χ1n) is 8.39. The Hall–Kier alpha value is -2.27. The number of anilines is 1.